The average Bonchev–Trinajstić information content (AvgIpc) is 3.29. The first-order valence-electron chi connectivity index (χ1n) is 18.9. The zero-order valence-corrected chi connectivity index (χ0v) is 31.6. The van der Waals surface area contributed by atoms with E-state index >= 15 is 0 Å². The summed E-state index contributed by atoms with van der Waals surface area (Å²) in [6.07, 6.45) is 0.356. The van der Waals surface area contributed by atoms with Crippen LogP contribution in [0.15, 0.2) is 164 Å². The van der Waals surface area contributed by atoms with Crippen LogP contribution in [-0.4, -0.2) is 60.7 Å². The molecule has 0 spiro atoms. The summed E-state index contributed by atoms with van der Waals surface area (Å²) < 4.78 is 0. The predicted molar refractivity (Wildman–Crippen MR) is 222 cm³/mol. The van der Waals surface area contributed by atoms with Crippen LogP contribution in [0.25, 0.3) is 0 Å². The summed E-state index contributed by atoms with van der Waals surface area (Å²) in [6.45, 7) is 0.396. The second kappa shape index (κ2) is 19.5. The lowest BCUT2D eigenvalue weighted by molar-refractivity contribution is 0.0921. The fourth-order valence-corrected chi connectivity index (χ4v) is 6.33. The van der Waals surface area contributed by atoms with E-state index in [1.54, 1.807) is 146 Å². The average molecular weight is 771 g/mol. The van der Waals surface area contributed by atoms with Crippen molar-refractivity contribution in [1.29, 1.82) is 0 Å². The topological polar surface area (TPSA) is 165 Å². The highest BCUT2D eigenvalue weighted by molar-refractivity contribution is 6.11. The summed E-state index contributed by atoms with van der Waals surface area (Å²) in [5.41, 5.74) is 10.7. The van der Waals surface area contributed by atoms with Gasteiger partial charge in [0.05, 0.1) is 0 Å². The first-order valence-corrected chi connectivity index (χ1v) is 18.9. The molecule has 0 bridgehead atoms. The van der Waals surface area contributed by atoms with Crippen LogP contribution in [0.3, 0.4) is 0 Å². The first-order chi connectivity index (χ1) is 28.2. The Hall–Kier alpha value is -7.30. The number of carbonyl (C=O) groups excluding carboxylic acids is 6. The number of benzene rings is 6. The van der Waals surface area contributed by atoms with Gasteiger partial charge in [0.2, 0.25) is 0 Å². The lowest BCUT2D eigenvalue weighted by Gasteiger charge is -2.25. The number of hydrogen-bond donors (Lipinski definition) is 4. The van der Waals surface area contributed by atoms with Crippen LogP contribution in [0.2, 0.25) is 0 Å². The molecule has 290 valence electrons. The van der Waals surface area contributed by atoms with Crippen LogP contribution in [0, 0.1) is 5.92 Å². The molecule has 10 nitrogen and oxygen atoms in total. The van der Waals surface area contributed by atoms with Crippen molar-refractivity contribution in [3.63, 3.8) is 0 Å². The van der Waals surface area contributed by atoms with Crippen LogP contribution < -0.4 is 21.7 Å². The van der Waals surface area contributed by atoms with Crippen LogP contribution >= 0.6 is 0 Å². The zero-order chi connectivity index (χ0) is 40.9. The van der Waals surface area contributed by atoms with Gasteiger partial charge in [0.1, 0.15) is 0 Å². The molecule has 0 aromatic heterocycles. The number of carbonyl (C=O) groups is 6. The Morgan fingerprint density at radius 3 is 0.983 bits per heavy atom. The van der Waals surface area contributed by atoms with E-state index in [1.807, 2.05) is 18.2 Å². The molecule has 2 atom stereocenters. The van der Waals surface area contributed by atoms with Crippen molar-refractivity contribution in [2.24, 2.45) is 11.7 Å². The number of nitrogens with one attached hydrogen (secondary N) is 3. The molecule has 0 aliphatic rings. The molecule has 0 aliphatic heterocycles. The number of hydrogen-bond acceptors (Lipinski definition) is 7. The minimum Gasteiger partial charge on any atom is -0.352 e. The van der Waals surface area contributed by atoms with Gasteiger partial charge in [-0.2, -0.15) is 0 Å². The summed E-state index contributed by atoms with van der Waals surface area (Å²) in [7, 11) is 0. The SMILES string of the molecule is NC(CNC(=O)c1ccc(C(=O)c2ccccc2)cc1)C(CCNC(=O)c1ccc(C(=O)c2ccccc2)cc1)CNC(=O)c1ccc(C(=O)c2ccccc2)cc1. The number of rotatable bonds is 17. The summed E-state index contributed by atoms with van der Waals surface area (Å²) in [5.74, 6) is -1.95. The van der Waals surface area contributed by atoms with Gasteiger partial charge in [0, 0.05) is 75.7 Å². The highest BCUT2D eigenvalue weighted by Gasteiger charge is 2.22. The Kier molecular flexibility index (Phi) is 13.6. The van der Waals surface area contributed by atoms with Gasteiger partial charge < -0.3 is 21.7 Å². The lowest BCUT2D eigenvalue weighted by Crippen LogP contribution is -2.47. The van der Waals surface area contributed by atoms with Gasteiger partial charge in [-0.25, -0.2) is 0 Å². The van der Waals surface area contributed by atoms with E-state index in [1.165, 1.54) is 0 Å². The number of ketones is 3. The number of amides is 3. The predicted octanol–water partition coefficient (Wildman–Crippen LogP) is 6.30. The molecule has 2 unspecified atom stereocenters. The molecule has 0 fully saturated rings. The standard InChI is InChI=1S/C48H42N4O6/c49-42(31-52-48(58)40-26-20-37(21-27-40)45(55)34-14-8-3-9-15-34)41(30-51-47(57)39-24-18-36(19-25-39)44(54)33-12-6-2-7-13-33)28-29-50-46(56)38-22-16-35(17-23-38)43(53)32-10-4-1-5-11-32/h1-27,41-42H,28-31,49H2,(H,50,56)(H,51,57)(H,52,58). The molecule has 0 aliphatic carbocycles. The molecule has 0 radical (unpaired) electrons. The third-order valence-electron chi connectivity index (χ3n) is 9.77. The smallest absolute Gasteiger partial charge is 0.251 e. The highest BCUT2D eigenvalue weighted by Crippen LogP contribution is 2.15. The lowest BCUT2D eigenvalue weighted by atomic mass is 9.95. The summed E-state index contributed by atoms with van der Waals surface area (Å²) in [5, 5.41) is 8.66. The molecule has 0 saturated heterocycles. The van der Waals surface area contributed by atoms with Crippen LogP contribution in [-0.2, 0) is 0 Å². The van der Waals surface area contributed by atoms with E-state index in [0.29, 0.717) is 56.5 Å². The molecule has 10 heteroatoms. The zero-order valence-electron chi connectivity index (χ0n) is 31.6. The summed E-state index contributed by atoms with van der Waals surface area (Å²) in [6, 6.07) is 45.1. The minimum absolute atomic E-state index is 0.0607. The summed E-state index contributed by atoms with van der Waals surface area (Å²) >= 11 is 0. The number of nitrogens with two attached hydrogens (primary N) is 1. The molecule has 0 saturated carbocycles. The van der Waals surface area contributed by atoms with E-state index in [0.717, 1.165) is 0 Å². The Labute approximate surface area is 336 Å². The second-order valence-electron chi connectivity index (χ2n) is 13.7. The highest BCUT2D eigenvalue weighted by atomic mass is 16.2. The molecule has 6 rings (SSSR count). The van der Waals surface area contributed by atoms with Crippen molar-refractivity contribution < 1.29 is 28.8 Å². The molecule has 58 heavy (non-hydrogen) atoms. The van der Waals surface area contributed by atoms with Crippen molar-refractivity contribution in [2.45, 2.75) is 12.5 Å². The van der Waals surface area contributed by atoms with Gasteiger partial charge >= 0.3 is 0 Å². The van der Waals surface area contributed by atoms with E-state index in [4.69, 9.17) is 5.73 Å². The minimum atomic E-state index is -0.630. The Morgan fingerprint density at radius 1 is 0.362 bits per heavy atom. The van der Waals surface area contributed by atoms with E-state index in [2.05, 4.69) is 16.0 Å². The van der Waals surface area contributed by atoms with Crippen molar-refractivity contribution in [1.82, 2.24) is 16.0 Å². The fourth-order valence-electron chi connectivity index (χ4n) is 6.33. The molecular formula is C48H42N4O6. The molecule has 0 heterocycles. The van der Waals surface area contributed by atoms with Crippen LogP contribution in [0.1, 0.15) is 85.3 Å². The van der Waals surface area contributed by atoms with Crippen LogP contribution in [0.4, 0.5) is 0 Å². The van der Waals surface area contributed by atoms with Crippen molar-refractivity contribution >= 4 is 35.1 Å². The van der Waals surface area contributed by atoms with Gasteiger partial charge in [-0.05, 0) is 48.7 Å². The molecule has 3 amide bonds. The Morgan fingerprint density at radius 2 is 0.638 bits per heavy atom. The van der Waals surface area contributed by atoms with E-state index in [9.17, 15) is 28.8 Å². The van der Waals surface area contributed by atoms with E-state index < -0.39 is 6.04 Å². The molecule has 6 aromatic rings. The third-order valence-corrected chi connectivity index (χ3v) is 9.77. The maximum absolute atomic E-state index is 13.2. The molecule has 5 N–H and O–H groups in total. The Bertz CT molecular complexity index is 2370. The van der Waals surface area contributed by atoms with Crippen LogP contribution in [0.5, 0.6) is 0 Å². The van der Waals surface area contributed by atoms with Gasteiger partial charge in [-0.3, -0.25) is 28.8 Å². The quantitative estimate of drug-likeness (QED) is 0.0791. The molecule has 6 aromatic carbocycles. The first kappa shape index (κ1) is 40.4. The van der Waals surface area contributed by atoms with Gasteiger partial charge in [0.15, 0.2) is 17.3 Å². The van der Waals surface area contributed by atoms with E-state index in [-0.39, 0.29) is 60.6 Å². The van der Waals surface area contributed by atoms with Gasteiger partial charge in [-0.1, -0.05) is 127 Å². The van der Waals surface area contributed by atoms with Gasteiger partial charge in [-0.15, -0.1) is 0 Å². The fraction of sp³-hybridized carbons (Fsp3) is 0.125. The maximum Gasteiger partial charge on any atom is 0.251 e. The van der Waals surface area contributed by atoms with Crippen molar-refractivity contribution in [3.8, 4) is 0 Å². The monoisotopic (exact) mass is 770 g/mol. The Balaban J connectivity index is 1.07. The second-order valence-corrected chi connectivity index (χ2v) is 13.7. The third kappa shape index (κ3) is 10.5. The van der Waals surface area contributed by atoms with Crippen molar-refractivity contribution in [2.75, 3.05) is 19.6 Å². The largest absolute Gasteiger partial charge is 0.352 e. The van der Waals surface area contributed by atoms with Crippen molar-refractivity contribution in [3.05, 3.63) is 214 Å². The maximum atomic E-state index is 13.2. The molecular weight excluding hydrogens is 729 g/mol. The summed E-state index contributed by atoms with van der Waals surface area (Å²) in [4.78, 5) is 77.9. The van der Waals surface area contributed by atoms with Gasteiger partial charge in [0.25, 0.3) is 17.7 Å². The normalized spacial score (nSPS) is 11.7.